The van der Waals surface area contributed by atoms with Gasteiger partial charge >= 0.3 is 8.56 Å². The molecule has 1 heterocycles. The van der Waals surface area contributed by atoms with Crippen LogP contribution in [0.2, 0.25) is 13.1 Å². The van der Waals surface area contributed by atoms with Crippen LogP contribution in [-0.4, -0.2) is 8.56 Å². The molecule has 0 bridgehead atoms. The lowest BCUT2D eigenvalue weighted by atomic mass is 9.99. The molecule has 0 unspecified atom stereocenters. The molecule has 110 valence electrons. The van der Waals surface area contributed by atoms with Gasteiger partial charge < -0.3 is 8.85 Å². The van der Waals surface area contributed by atoms with E-state index in [2.05, 4.69) is 0 Å². The third kappa shape index (κ3) is 2.66. The predicted octanol–water partition coefficient (Wildman–Crippen LogP) is 5.30. The third-order valence-corrected chi connectivity index (χ3v) is 5.43. The summed E-state index contributed by atoms with van der Waals surface area (Å²) in [5, 5.41) is 0. The molecule has 0 spiro atoms. The van der Waals surface area contributed by atoms with Crippen molar-refractivity contribution in [3.8, 4) is 22.6 Å². The Bertz CT molecular complexity index is 628. The normalized spacial score (nSPS) is 15.2. The number of fused-ring (bicyclic) bond motifs is 3. The summed E-state index contributed by atoms with van der Waals surface area (Å²) in [6.07, 6.45) is 0. The lowest BCUT2D eigenvalue weighted by Crippen LogP contribution is -2.41. The van der Waals surface area contributed by atoms with Gasteiger partial charge in [-0.2, -0.15) is 0 Å². The molecule has 21 heavy (non-hydrogen) atoms. The lowest BCUT2D eigenvalue weighted by molar-refractivity contribution is 0.404. The van der Waals surface area contributed by atoms with E-state index in [-0.39, 0.29) is 0 Å². The van der Waals surface area contributed by atoms with Crippen molar-refractivity contribution in [3.63, 3.8) is 0 Å². The summed E-state index contributed by atoms with van der Waals surface area (Å²) in [4.78, 5) is 0. The van der Waals surface area contributed by atoms with Crippen molar-refractivity contribution in [2.24, 2.45) is 0 Å². The van der Waals surface area contributed by atoms with Gasteiger partial charge in [0, 0.05) is 35.3 Å². The smallest absolute Gasteiger partial charge is 0.454 e. The molecule has 0 atom stereocenters. The van der Waals surface area contributed by atoms with Crippen LogP contribution in [0.15, 0.2) is 36.4 Å². The van der Waals surface area contributed by atoms with Crippen LogP contribution in [-0.2, 0) is 11.8 Å². The molecule has 2 aromatic rings. The summed E-state index contributed by atoms with van der Waals surface area (Å²) in [5.74, 6) is 2.51. The second kappa shape index (κ2) is 5.56. The molecule has 3 rings (SSSR count). The fourth-order valence-corrected chi connectivity index (χ4v) is 4.49. The minimum Gasteiger partial charge on any atom is -0.511 e. The van der Waals surface area contributed by atoms with Crippen LogP contribution in [0.1, 0.15) is 11.1 Å². The molecular formula is C16H16Cl2O2Si. The second-order valence-corrected chi connectivity index (χ2v) is 9.20. The standard InChI is InChI=1S/C16H16Cl2O2Si/c1-21(2)19-15-11(9-17)5-3-7-13(15)14-8-4-6-12(10-18)16(14)20-21/h3-8H,9-10H2,1-2H3. The van der Waals surface area contributed by atoms with Crippen LogP contribution in [0, 0.1) is 0 Å². The van der Waals surface area contributed by atoms with Crippen LogP contribution < -0.4 is 8.85 Å². The zero-order chi connectivity index (χ0) is 15.0. The van der Waals surface area contributed by atoms with E-state index >= 15 is 0 Å². The Morgan fingerprint density at radius 1 is 0.810 bits per heavy atom. The van der Waals surface area contributed by atoms with Crippen LogP contribution in [0.4, 0.5) is 0 Å². The summed E-state index contributed by atoms with van der Waals surface area (Å²) < 4.78 is 12.5. The van der Waals surface area contributed by atoms with Gasteiger partial charge in [0.2, 0.25) is 0 Å². The number of benzene rings is 2. The third-order valence-electron chi connectivity index (χ3n) is 3.47. The predicted molar refractivity (Wildman–Crippen MR) is 89.7 cm³/mol. The minimum absolute atomic E-state index is 0.415. The first kappa shape index (κ1) is 14.8. The topological polar surface area (TPSA) is 18.5 Å². The summed E-state index contributed by atoms with van der Waals surface area (Å²) >= 11 is 12.1. The van der Waals surface area contributed by atoms with Gasteiger partial charge in [0.25, 0.3) is 0 Å². The zero-order valence-electron chi connectivity index (χ0n) is 12.0. The average Bonchev–Trinajstić information content (AvgIpc) is 2.58. The molecule has 1 aliphatic heterocycles. The molecule has 5 heteroatoms. The van der Waals surface area contributed by atoms with Crippen molar-refractivity contribution in [3.05, 3.63) is 47.5 Å². The Labute approximate surface area is 135 Å². The Morgan fingerprint density at radius 3 is 1.62 bits per heavy atom. The molecular weight excluding hydrogens is 323 g/mol. The highest BCUT2D eigenvalue weighted by Gasteiger charge is 2.36. The first-order chi connectivity index (χ1) is 10.1. The number of para-hydroxylation sites is 2. The maximum atomic E-state index is 6.24. The fourth-order valence-electron chi connectivity index (χ4n) is 2.56. The highest BCUT2D eigenvalue weighted by atomic mass is 35.5. The van der Waals surface area contributed by atoms with Gasteiger partial charge in [-0.05, 0) is 0 Å². The fraction of sp³-hybridized carbons (Fsp3) is 0.250. The monoisotopic (exact) mass is 338 g/mol. The molecule has 0 aromatic heterocycles. The zero-order valence-corrected chi connectivity index (χ0v) is 14.5. The molecule has 0 aliphatic carbocycles. The summed E-state index contributed by atoms with van der Waals surface area (Å²) in [6, 6.07) is 12.1. The summed E-state index contributed by atoms with van der Waals surface area (Å²) in [5.41, 5.74) is 4.02. The number of halogens is 2. The van der Waals surface area contributed by atoms with Gasteiger partial charge in [-0.3, -0.25) is 0 Å². The number of rotatable bonds is 2. The molecule has 0 radical (unpaired) electrons. The molecule has 2 nitrogen and oxygen atoms in total. The molecule has 0 fully saturated rings. The highest BCUT2D eigenvalue weighted by Crippen LogP contribution is 2.45. The molecule has 0 saturated carbocycles. The first-order valence-electron chi connectivity index (χ1n) is 6.80. The Balaban J connectivity index is 2.32. The summed E-state index contributed by atoms with van der Waals surface area (Å²) in [7, 11) is -2.36. The summed E-state index contributed by atoms with van der Waals surface area (Å²) in [6.45, 7) is 4.06. The van der Waals surface area contributed by atoms with Crippen molar-refractivity contribution in [2.45, 2.75) is 24.9 Å². The van der Waals surface area contributed by atoms with Crippen LogP contribution in [0.3, 0.4) is 0 Å². The molecule has 0 amide bonds. The van der Waals surface area contributed by atoms with Crippen LogP contribution in [0.25, 0.3) is 11.1 Å². The van der Waals surface area contributed by atoms with E-state index in [1.165, 1.54) is 0 Å². The van der Waals surface area contributed by atoms with Gasteiger partial charge in [-0.15, -0.1) is 23.2 Å². The Morgan fingerprint density at radius 2 is 1.24 bits per heavy atom. The molecule has 2 aromatic carbocycles. The van der Waals surface area contributed by atoms with E-state index in [9.17, 15) is 0 Å². The van der Waals surface area contributed by atoms with Gasteiger partial charge in [-0.25, -0.2) is 0 Å². The number of hydrogen-bond donors (Lipinski definition) is 0. The van der Waals surface area contributed by atoms with E-state index in [1.54, 1.807) is 0 Å². The minimum atomic E-state index is -2.36. The highest BCUT2D eigenvalue weighted by molar-refractivity contribution is 6.66. The van der Waals surface area contributed by atoms with E-state index < -0.39 is 8.56 Å². The van der Waals surface area contributed by atoms with Crippen molar-refractivity contribution >= 4 is 31.8 Å². The molecule has 0 saturated heterocycles. The van der Waals surface area contributed by atoms with E-state index in [0.29, 0.717) is 11.8 Å². The first-order valence-corrected chi connectivity index (χ1v) is 10.7. The van der Waals surface area contributed by atoms with Crippen molar-refractivity contribution in [1.82, 2.24) is 0 Å². The number of alkyl halides is 2. The number of hydrogen-bond acceptors (Lipinski definition) is 2. The van der Waals surface area contributed by atoms with Crippen LogP contribution >= 0.6 is 23.2 Å². The maximum Gasteiger partial charge on any atom is 0.454 e. The van der Waals surface area contributed by atoms with Gasteiger partial charge in [0.1, 0.15) is 11.5 Å². The maximum absolute atomic E-state index is 6.24. The Kier molecular flexibility index (Phi) is 3.91. The van der Waals surface area contributed by atoms with E-state index in [4.69, 9.17) is 32.1 Å². The quantitative estimate of drug-likeness (QED) is 0.546. The van der Waals surface area contributed by atoms with Crippen molar-refractivity contribution in [2.75, 3.05) is 0 Å². The molecule has 0 N–H and O–H groups in total. The van der Waals surface area contributed by atoms with Gasteiger partial charge in [-0.1, -0.05) is 36.4 Å². The van der Waals surface area contributed by atoms with Crippen LogP contribution in [0.5, 0.6) is 11.5 Å². The molecule has 1 aliphatic rings. The van der Waals surface area contributed by atoms with E-state index in [0.717, 1.165) is 33.8 Å². The van der Waals surface area contributed by atoms with Gasteiger partial charge in [0.05, 0.1) is 11.8 Å². The van der Waals surface area contributed by atoms with E-state index in [1.807, 2.05) is 49.5 Å². The SMILES string of the molecule is C[Si]1(C)Oc2c(CCl)cccc2-c2cccc(CCl)c2O1. The Hall–Kier alpha value is -1.16. The largest absolute Gasteiger partial charge is 0.511 e. The lowest BCUT2D eigenvalue weighted by Gasteiger charge is -2.24. The second-order valence-electron chi connectivity index (χ2n) is 5.46. The van der Waals surface area contributed by atoms with Crippen molar-refractivity contribution in [1.29, 1.82) is 0 Å². The average molecular weight is 339 g/mol. The van der Waals surface area contributed by atoms with Gasteiger partial charge in [0.15, 0.2) is 0 Å². The van der Waals surface area contributed by atoms with Crippen molar-refractivity contribution < 1.29 is 8.85 Å².